The lowest BCUT2D eigenvalue weighted by Gasteiger charge is -2.07. The summed E-state index contributed by atoms with van der Waals surface area (Å²) < 4.78 is 23.1. The third kappa shape index (κ3) is 4.68. The highest BCUT2D eigenvalue weighted by molar-refractivity contribution is 7.92. The Kier molecular flexibility index (Phi) is 5.79. The normalized spacial score (nSPS) is 11.2. The Morgan fingerprint density at radius 3 is 2.42 bits per heavy atom. The van der Waals surface area contributed by atoms with Gasteiger partial charge in [-0.25, -0.2) is 8.42 Å². The van der Waals surface area contributed by atoms with Crippen molar-refractivity contribution >= 4 is 37.5 Å². The zero-order chi connectivity index (χ0) is 17.7. The highest BCUT2D eigenvalue weighted by atomic mass is 32.2. The molecule has 2 aromatic rings. The third-order valence-corrected chi connectivity index (χ3v) is 6.12. The molecule has 0 aliphatic rings. The summed E-state index contributed by atoms with van der Waals surface area (Å²) in [5.41, 5.74) is 1.74. The topological polar surface area (TPSA) is 101 Å². The first-order valence-corrected chi connectivity index (χ1v) is 10.1. The first kappa shape index (κ1) is 18.2. The van der Waals surface area contributed by atoms with Gasteiger partial charge in [0.25, 0.3) is 0 Å². The number of sulfone groups is 1. The molecule has 0 saturated heterocycles. The van der Waals surface area contributed by atoms with E-state index < -0.39 is 14.8 Å². The van der Waals surface area contributed by atoms with Crippen molar-refractivity contribution in [3.05, 3.63) is 46.0 Å². The van der Waals surface area contributed by atoms with Crippen LogP contribution < -0.4 is 10.6 Å². The molecule has 0 spiro atoms. The maximum absolute atomic E-state index is 11.6. The fourth-order valence-electron chi connectivity index (χ4n) is 2.00. The molecule has 1 aromatic carbocycles. The molecule has 0 unspecified atom stereocenters. The molecule has 0 bridgehead atoms. The van der Waals surface area contributed by atoms with E-state index in [9.17, 15) is 18.5 Å². The van der Waals surface area contributed by atoms with Gasteiger partial charge in [-0.1, -0.05) is 30.4 Å². The van der Waals surface area contributed by atoms with Gasteiger partial charge in [-0.05, 0) is 24.1 Å². The van der Waals surface area contributed by atoms with Crippen LogP contribution in [0.1, 0.15) is 18.9 Å². The number of hydrogen-bond donors (Lipinski definition) is 2. The second-order valence-electron chi connectivity index (χ2n) is 5.29. The third-order valence-electron chi connectivity index (χ3n) is 3.24. The van der Waals surface area contributed by atoms with E-state index in [1.54, 1.807) is 0 Å². The molecule has 7 nitrogen and oxygen atoms in total. The largest absolute Gasteiger partial charge is 0.385 e. The molecule has 0 amide bonds. The number of thiophene rings is 1. The molecule has 0 fully saturated rings. The van der Waals surface area contributed by atoms with Crippen LogP contribution in [0.3, 0.4) is 0 Å². The molecule has 24 heavy (non-hydrogen) atoms. The van der Waals surface area contributed by atoms with Gasteiger partial charge in [0.05, 0.1) is 4.92 Å². The predicted octanol–water partition coefficient (Wildman–Crippen LogP) is 3.49. The number of hydrogen-bond acceptors (Lipinski definition) is 7. The lowest BCUT2D eigenvalue weighted by atomic mass is 10.2. The minimum absolute atomic E-state index is 0.0178. The monoisotopic (exact) mass is 369 g/mol. The van der Waals surface area contributed by atoms with E-state index in [4.69, 9.17) is 0 Å². The Bertz CT molecular complexity index is 814. The maximum Gasteiger partial charge on any atom is 0.304 e. The van der Waals surface area contributed by atoms with Crippen LogP contribution in [0.25, 0.3) is 0 Å². The first-order valence-electron chi connectivity index (χ1n) is 7.36. The van der Waals surface area contributed by atoms with E-state index in [1.165, 1.54) is 0 Å². The van der Waals surface area contributed by atoms with Crippen molar-refractivity contribution in [1.29, 1.82) is 0 Å². The van der Waals surface area contributed by atoms with E-state index in [2.05, 4.69) is 17.6 Å². The Hall–Kier alpha value is -2.13. The van der Waals surface area contributed by atoms with Crippen molar-refractivity contribution in [2.75, 3.05) is 23.4 Å². The Labute approximate surface area is 144 Å². The number of nitro groups is 1. The summed E-state index contributed by atoms with van der Waals surface area (Å²) in [6.45, 7) is 3.36. The number of nitrogens with zero attached hydrogens (tertiary/aromatic N) is 1. The van der Waals surface area contributed by atoms with Crippen molar-refractivity contribution < 1.29 is 13.3 Å². The molecule has 1 heterocycles. The van der Waals surface area contributed by atoms with Crippen molar-refractivity contribution in [3.8, 4) is 0 Å². The van der Waals surface area contributed by atoms with E-state index in [0.29, 0.717) is 6.54 Å². The van der Waals surface area contributed by atoms with Crippen LogP contribution in [0.4, 0.5) is 16.4 Å². The Balaban J connectivity index is 2.11. The Morgan fingerprint density at radius 1 is 1.21 bits per heavy atom. The minimum Gasteiger partial charge on any atom is -0.385 e. The summed E-state index contributed by atoms with van der Waals surface area (Å²) in [5.74, 6) is 0. The second kappa shape index (κ2) is 7.63. The zero-order valence-corrected chi connectivity index (χ0v) is 15.0. The van der Waals surface area contributed by atoms with E-state index in [1.807, 2.05) is 24.3 Å². The van der Waals surface area contributed by atoms with Gasteiger partial charge in [-0.2, -0.15) is 0 Å². The van der Waals surface area contributed by atoms with Crippen molar-refractivity contribution in [2.45, 2.75) is 24.1 Å². The average molecular weight is 369 g/mol. The zero-order valence-electron chi connectivity index (χ0n) is 13.4. The fourth-order valence-corrected chi connectivity index (χ4v) is 3.93. The molecular weight excluding hydrogens is 350 g/mol. The van der Waals surface area contributed by atoms with E-state index in [-0.39, 0.29) is 14.9 Å². The summed E-state index contributed by atoms with van der Waals surface area (Å²) >= 11 is 0.875. The van der Waals surface area contributed by atoms with Gasteiger partial charge in [0, 0.05) is 31.1 Å². The molecule has 9 heteroatoms. The molecule has 0 radical (unpaired) electrons. The number of rotatable bonds is 8. The van der Waals surface area contributed by atoms with E-state index in [0.717, 1.165) is 47.9 Å². The summed E-state index contributed by atoms with van der Waals surface area (Å²) in [7, 11) is -3.47. The van der Waals surface area contributed by atoms with Gasteiger partial charge in [0.1, 0.15) is 4.21 Å². The lowest BCUT2D eigenvalue weighted by Crippen LogP contribution is -2.02. The van der Waals surface area contributed by atoms with Crippen LogP contribution in [0.5, 0.6) is 0 Å². The number of nitrogens with one attached hydrogen (secondary N) is 2. The summed E-state index contributed by atoms with van der Waals surface area (Å²) in [5, 5.41) is 17.6. The molecule has 2 rings (SSSR count). The van der Waals surface area contributed by atoms with Crippen LogP contribution in [0.2, 0.25) is 0 Å². The maximum atomic E-state index is 11.6. The highest BCUT2D eigenvalue weighted by Crippen LogP contribution is 2.37. The quantitative estimate of drug-likeness (QED) is 0.545. The molecule has 0 aliphatic heterocycles. The first-order chi connectivity index (χ1) is 11.3. The molecular formula is C15H19N3O4S2. The summed E-state index contributed by atoms with van der Waals surface area (Å²) in [6, 6.07) is 8.82. The van der Waals surface area contributed by atoms with Crippen LogP contribution in [0, 0.1) is 10.1 Å². The highest BCUT2D eigenvalue weighted by Gasteiger charge is 2.23. The molecule has 2 N–H and O–H groups in total. The molecule has 0 aliphatic carbocycles. The van der Waals surface area contributed by atoms with Crippen LogP contribution >= 0.6 is 11.3 Å². The molecule has 0 saturated carbocycles. The smallest absolute Gasteiger partial charge is 0.304 e. The molecule has 0 atom stereocenters. The minimum atomic E-state index is -3.47. The van der Waals surface area contributed by atoms with Gasteiger partial charge in [0.15, 0.2) is 14.8 Å². The molecule has 130 valence electrons. The van der Waals surface area contributed by atoms with Gasteiger partial charge < -0.3 is 10.6 Å². The summed E-state index contributed by atoms with van der Waals surface area (Å²) in [6.07, 6.45) is 2.07. The van der Waals surface area contributed by atoms with Gasteiger partial charge >= 0.3 is 5.69 Å². The van der Waals surface area contributed by atoms with Crippen LogP contribution in [-0.2, 0) is 16.4 Å². The molecule has 1 aromatic heterocycles. The van der Waals surface area contributed by atoms with Crippen molar-refractivity contribution in [2.24, 2.45) is 0 Å². The number of benzene rings is 1. The summed E-state index contributed by atoms with van der Waals surface area (Å²) in [4.78, 5) is 10.5. The predicted molar refractivity (Wildman–Crippen MR) is 96.6 cm³/mol. The second-order valence-corrected chi connectivity index (χ2v) is 8.58. The van der Waals surface area contributed by atoms with Gasteiger partial charge in [-0.3, -0.25) is 10.1 Å². The van der Waals surface area contributed by atoms with Gasteiger partial charge in [0.2, 0.25) is 0 Å². The SMILES string of the molecule is CCCNc1ccc(CNc2sc(S(C)(=O)=O)cc2[N+](=O)[O-])cc1. The standard InChI is InChI=1S/C15H19N3O4S2/c1-3-8-16-12-6-4-11(5-7-12)10-17-15-13(18(19)20)9-14(23-15)24(2,21)22/h4-7,9,16-17H,3,8,10H2,1-2H3. The average Bonchev–Trinajstić information content (AvgIpc) is 2.96. The van der Waals surface area contributed by atoms with Crippen molar-refractivity contribution in [3.63, 3.8) is 0 Å². The van der Waals surface area contributed by atoms with Crippen LogP contribution in [-0.4, -0.2) is 26.1 Å². The van der Waals surface area contributed by atoms with Crippen LogP contribution in [0.15, 0.2) is 34.5 Å². The van der Waals surface area contributed by atoms with E-state index >= 15 is 0 Å². The number of anilines is 2. The Morgan fingerprint density at radius 2 is 1.88 bits per heavy atom. The van der Waals surface area contributed by atoms with Crippen molar-refractivity contribution in [1.82, 2.24) is 0 Å². The van der Waals surface area contributed by atoms with Gasteiger partial charge in [-0.15, -0.1) is 0 Å². The lowest BCUT2D eigenvalue weighted by molar-refractivity contribution is -0.383. The fraction of sp³-hybridized carbons (Fsp3) is 0.333.